The first kappa shape index (κ1) is 11.3. The Hall–Kier alpha value is -2.15. The van der Waals surface area contributed by atoms with Crippen LogP contribution in [0.1, 0.15) is 18.9 Å². The lowest BCUT2D eigenvalue weighted by Gasteiger charge is -2.25. The topological polar surface area (TPSA) is 54.5 Å². The maximum atomic E-state index is 9.52. The molecular weight excluding hydrogens is 212 g/mol. The zero-order chi connectivity index (χ0) is 12.1. The first-order valence-corrected chi connectivity index (χ1v) is 5.60. The number of nitrogens with zero attached hydrogens (tertiary/aromatic N) is 4. The van der Waals surface area contributed by atoms with Gasteiger partial charge in [-0.1, -0.05) is 37.3 Å². The molecule has 0 bridgehead atoms. The van der Waals surface area contributed by atoms with Gasteiger partial charge >= 0.3 is 0 Å². The smallest absolute Gasteiger partial charge is 0.137 e. The fourth-order valence-corrected chi connectivity index (χ4v) is 1.93. The minimum Gasteiger partial charge on any atom is -0.251 e. The molecule has 1 atom stereocenters. The molecule has 0 aliphatic heterocycles. The van der Waals surface area contributed by atoms with Crippen LogP contribution >= 0.6 is 0 Å². The normalized spacial score (nSPS) is 13.9. The Kier molecular flexibility index (Phi) is 3.20. The Labute approximate surface area is 101 Å². The summed E-state index contributed by atoms with van der Waals surface area (Å²) in [6.45, 7) is 2.55. The van der Waals surface area contributed by atoms with E-state index >= 15 is 0 Å². The largest absolute Gasteiger partial charge is 0.251 e. The lowest BCUT2D eigenvalue weighted by atomic mass is 9.79. The van der Waals surface area contributed by atoms with Crippen LogP contribution in [0.5, 0.6) is 0 Å². The van der Waals surface area contributed by atoms with E-state index in [0.29, 0.717) is 6.54 Å². The van der Waals surface area contributed by atoms with Gasteiger partial charge in [0, 0.05) is 0 Å². The van der Waals surface area contributed by atoms with Crippen molar-refractivity contribution < 1.29 is 0 Å². The van der Waals surface area contributed by atoms with E-state index in [4.69, 9.17) is 0 Å². The lowest BCUT2D eigenvalue weighted by molar-refractivity contribution is 0.416. The molecule has 4 nitrogen and oxygen atoms in total. The summed E-state index contributed by atoms with van der Waals surface area (Å²) >= 11 is 0. The van der Waals surface area contributed by atoms with E-state index in [1.807, 2.05) is 37.3 Å². The van der Waals surface area contributed by atoms with Gasteiger partial charge in [-0.15, -0.1) is 0 Å². The molecule has 1 aromatic heterocycles. The number of rotatable bonds is 4. The van der Waals surface area contributed by atoms with Gasteiger partial charge in [-0.05, 0) is 12.0 Å². The molecule has 2 rings (SSSR count). The molecule has 1 aromatic carbocycles. The Morgan fingerprint density at radius 3 is 2.65 bits per heavy atom. The van der Waals surface area contributed by atoms with Crippen molar-refractivity contribution in [3.05, 3.63) is 48.5 Å². The van der Waals surface area contributed by atoms with Gasteiger partial charge in [0.15, 0.2) is 0 Å². The summed E-state index contributed by atoms with van der Waals surface area (Å²) in [6, 6.07) is 12.3. The average molecular weight is 226 g/mol. The van der Waals surface area contributed by atoms with Gasteiger partial charge in [0.2, 0.25) is 0 Å². The van der Waals surface area contributed by atoms with Crippen molar-refractivity contribution in [3.8, 4) is 6.07 Å². The standard InChI is InChI=1S/C13H14N4/c1-2-13(8-14,9-17-11-15-10-16-17)12-6-4-3-5-7-12/h3-7,10-11H,2,9H2,1H3. The van der Waals surface area contributed by atoms with Crippen molar-refractivity contribution in [2.24, 2.45) is 0 Å². The van der Waals surface area contributed by atoms with Crippen molar-refractivity contribution >= 4 is 0 Å². The van der Waals surface area contributed by atoms with E-state index in [-0.39, 0.29) is 0 Å². The van der Waals surface area contributed by atoms with Gasteiger partial charge in [0.05, 0.1) is 12.6 Å². The molecule has 0 saturated heterocycles. The second kappa shape index (κ2) is 4.79. The molecule has 0 spiro atoms. The van der Waals surface area contributed by atoms with Crippen molar-refractivity contribution in [1.82, 2.24) is 14.8 Å². The van der Waals surface area contributed by atoms with E-state index in [1.165, 1.54) is 6.33 Å². The molecule has 0 aliphatic carbocycles. The number of benzene rings is 1. The molecule has 0 fully saturated rings. The predicted molar refractivity (Wildman–Crippen MR) is 64.0 cm³/mol. The van der Waals surface area contributed by atoms with E-state index in [0.717, 1.165) is 12.0 Å². The number of hydrogen-bond acceptors (Lipinski definition) is 3. The minimum absolute atomic E-state index is 0.532. The first-order chi connectivity index (χ1) is 8.30. The van der Waals surface area contributed by atoms with Crippen LogP contribution < -0.4 is 0 Å². The SMILES string of the molecule is CCC(C#N)(Cn1cncn1)c1ccccc1. The van der Waals surface area contributed by atoms with Crippen LogP contribution in [0.15, 0.2) is 43.0 Å². The van der Waals surface area contributed by atoms with Crippen LogP contribution in [0.2, 0.25) is 0 Å². The van der Waals surface area contributed by atoms with Crippen molar-refractivity contribution in [2.75, 3.05) is 0 Å². The summed E-state index contributed by atoms with van der Waals surface area (Å²) in [5.41, 5.74) is 0.495. The summed E-state index contributed by atoms with van der Waals surface area (Å²) in [6.07, 6.45) is 3.88. The van der Waals surface area contributed by atoms with Gasteiger partial charge in [-0.25, -0.2) is 4.98 Å². The predicted octanol–water partition coefficient (Wildman–Crippen LogP) is 2.15. The van der Waals surface area contributed by atoms with E-state index < -0.39 is 5.41 Å². The van der Waals surface area contributed by atoms with Gasteiger partial charge in [0.1, 0.15) is 18.1 Å². The lowest BCUT2D eigenvalue weighted by Crippen LogP contribution is -2.29. The third-order valence-electron chi connectivity index (χ3n) is 3.04. The molecule has 0 N–H and O–H groups in total. The van der Waals surface area contributed by atoms with Gasteiger partial charge < -0.3 is 0 Å². The number of hydrogen-bond donors (Lipinski definition) is 0. The van der Waals surface area contributed by atoms with Crippen LogP contribution in [-0.4, -0.2) is 14.8 Å². The maximum Gasteiger partial charge on any atom is 0.137 e. The summed E-state index contributed by atoms with van der Waals surface area (Å²) < 4.78 is 1.71. The summed E-state index contributed by atoms with van der Waals surface area (Å²) in [4.78, 5) is 3.91. The molecule has 86 valence electrons. The third kappa shape index (κ3) is 2.18. The quantitative estimate of drug-likeness (QED) is 0.802. The van der Waals surface area contributed by atoms with Crippen LogP contribution in [0.25, 0.3) is 0 Å². The van der Waals surface area contributed by atoms with Gasteiger partial charge in [0.25, 0.3) is 0 Å². The van der Waals surface area contributed by atoms with Crippen LogP contribution in [0.4, 0.5) is 0 Å². The Balaban J connectivity index is 2.37. The summed E-state index contributed by atoms with van der Waals surface area (Å²) in [5.74, 6) is 0. The molecule has 0 amide bonds. The second-order valence-corrected chi connectivity index (χ2v) is 4.01. The van der Waals surface area contributed by atoms with Crippen molar-refractivity contribution in [3.63, 3.8) is 0 Å². The molecule has 4 heteroatoms. The van der Waals surface area contributed by atoms with E-state index in [1.54, 1.807) is 11.0 Å². The van der Waals surface area contributed by atoms with E-state index in [9.17, 15) is 5.26 Å². The highest BCUT2D eigenvalue weighted by molar-refractivity contribution is 5.31. The molecule has 0 radical (unpaired) electrons. The Bertz CT molecular complexity index is 498. The van der Waals surface area contributed by atoms with Crippen LogP contribution in [0, 0.1) is 11.3 Å². The maximum absolute atomic E-state index is 9.52. The number of nitriles is 1. The van der Waals surface area contributed by atoms with Crippen molar-refractivity contribution in [1.29, 1.82) is 5.26 Å². The fourth-order valence-electron chi connectivity index (χ4n) is 1.93. The molecule has 1 unspecified atom stereocenters. The molecule has 0 saturated carbocycles. The molecular formula is C13H14N4. The Morgan fingerprint density at radius 1 is 1.35 bits per heavy atom. The second-order valence-electron chi connectivity index (χ2n) is 4.01. The average Bonchev–Trinajstić information content (AvgIpc) is 2.90. The highest BCUT2D eigenvalue weighted by Crippen LogP contribution is 2.28. The van der Waals surface area contributed by atoms with Crippen molar-refractivity contribution in [2.45, 2.75) is 25.3 Å². The number of aromatic nitrogens is 3. The Morgan fingerprint density at radius 2 is 2.12 bits per heavy atom. The highest BCUT2D eigenvalue weighted by Gasteiger charge is 2.31. The third-order valence-corrected chi connectivity index (χ3v) is 3.04. The zero-order valence-electron chi connectivity index (χ0n) is 9.74. The molecule has 17 heavy (non-hydrogen) atoms. The van der Waals surface area contributed by atoms with Crippen LogP contribution in [-0.2, 0) is 12.0 Å². The molecule has 1 heterocycles. The van der Waals surface area contributed by atoms with Gasteiger partial charge in [-0.2, -0.15) is 10.4 Å². The summed E-state index contributed by atoms with van der Waals surface area (Å²) in [5, 5.41) is 13.6. The fraction of sp³-hybridized carbons (Fsp3) is 0.308. The summed E-state index contributed by atoms with van der Waals surface area (Å²) in [7, 11) is 0. The van der Waals surface area contributed by atoms with Crippen LogP contribution in [0.3, 0.4) is 0 Å². The molecule has 2 aromatic rings. The minimum atomic E-state index is -0.533. The highest BCUT2D eigenvalue weighted by atomic mass is 15.3. The van der Waals surface area contributed by atoms with E-state index in [2.05, 4.69) is 16.2 Å². The zero-order valence-corrected chi connectivity index (χ0v) is 9.74. The first-order valence-electron chi connectivity index (χ1n) is 5.60. The van der Waals surface area contributed by atoms with Gasteiger partial charge in [-0.3, -0.25) is 4.68 Å². The molecule has 0 aliphatic rings. The monoisotopic (exact) mass is 226 g/mol.